The first kappa shape index (κ1) is 21.1. The Hall–Kier alpha value is -4.12. The van der Waals surface area contributed by atoms with Gasteiger partial charge in [0, 0.05) is 5.56 Å². The molecule has 1 heterocycles. The highest BCUT2D eigenvalue weighted by Crippen LogP contribution is 2.23. The molecule has 0 atom stereocenters. The van der Waals surface area contributed by atoms with Gasteiger partial charge in [-0.25, -0.2) is 4.79 Å². The second-order valence-electron chi connectivity index (χ2n) is 7.12. The lowest BCUT2D eigenvalue weighted by Crippen LogP contribution is -2.15. The third kappa shape index (κ3) is 5.32. The van der Waals surface area contributed by atoms with Crippen LogP contribution in [0.4, 0.5) is 5.69 Å². The minimum Gasteiger partial charge on any atom is -0.462 e. The Morgan fingerprint density at radius 3 is 2.28 bits per heavy atom. The van der Waals surface area contributed by atoms with Crippen molar-refractivity contribution in [2.24, 2.45) is 5.10 Å². The Bertz CT molecular complexity index is 1170. The summed E-state index contributed by atoms with van der Waals surface area (Å²) in [6.45, 7) is 2.78. The van der Waals surface area contributed by atoms with Crippen LogP contribution in [-0.4, -0.2) is 18.8 Å². The first-order valence-electron chi connectivity index (χ1n) is 10.5. The fraction of sp³-hybridized carbons (Fsp3) is 0.111. The van der Waals surface area contributed by atoms with Crippen LogP contribution in [0.5, 0.6) is 0 Å². The van der Waals surface area contributed by atoms with E-state index in [0.717, 1.165) is 16.8 Å². The van der Waals surface area contributed by atoms with Gasteiger partial charge in [0.15, 0.2) is 0 Å². The van der Waals surface area contributed by atoms with Crippen LogP contribution < -0.4 is 5.01 Å². The van der Waals surface area contributed by atoms with Gasteiger partial charge in [0.2, 0.25) is 0 Å². The number of hydrogen-bond donors (Lipinski definition) is 0. The second kappa shape index (κ2) is 10.3. The monoisotopic (exact) mass is 424 g/mol. The van der Waals surface area contributed by atoms with E-state index in [-0.39, 0.29) is 5.97 Å². The molecule has 32 heavy (non-hydrogen) atoms. The first-order chi connectivity index (χ1) is 15.7. The number of carbonyl (C=O) groups excluding carboxylic acids is 1. The summed E-state index contributed by atoms with van der Waals surface area (Å²) in [6.07, 6.45) is 1.71. The number of hydrazone groups is 1. The molecule has 5 nitrogen and oxygen atoms in total. The molecule has 4 rings (SSSR count). The fourth-order valence-electron chi connectivity index (χ4n) is 3.24. The maximum absolute atomic E-state index is 11.8. The van der Waals surface area contributed by atoms with E-state index in [0.29, 0.717) is 30.2 Å². The summed E-state index contributed by atoms with van der Waals surface area (Å²) in [4.78, 5) is 11.8. The van der Waals surface area contributed by atoms with E-state index < -0.39 is 0 Å². The number of para-hydroxylation sites is 1. The van der Waals surface area contributed by atoms with E-state index in [1.54, 1.807) is 25.3 Å². The minimum absolute atomic E-state index is 0.328. The molecule has 160 valence electrons. The third-order valence-corrected chi connectivity index (χ3v) is 4.86. The van der Waals surface area contributed by atoms with Gasteiger partial charge in [0.05, 0.1) is 30.6 Å². The van der Waals surface area contributed by atoms with Gasteiger partial charge in [-0.2, -0.15) is 5.10 Å². The minimum atomic E-state index is -0.328. The van der Waals surface area contributed by atoms with E-state index >= 15 is 0 Å². The van der Waals surface area contributed by atoms with Crippen molar-refractivity contribution in [3.8, 4) is 11.3 Å². The Morgan fingerprint density at radius 2 is 1.59 bits per heavy atom. The average molecular weight is 425 g/mol. The molecule has 0 saturated carbocycles. The number of nitrogens with zero attached hydrogens (tertiary/aromatic N) is 2. The summed E-state index contributed by atoms with van der Waals surface area (Å²) in [5.41, 5.74) is 3.55. The van der Waals surface area contributed by atoms with Crippen molar-refractivity contribution in [3.63, 3.8) is 0 Å². The van der Waals surface area contributed by atoms with E-state index in [9.17, 15) is 4.79 Å². The van der Waals surface area contributed by atoms with Crippen molar-refractivity contribution in [1.82, 2.24) is 0 Å². The summed E-state index contributed by atoms with van der Waals surface area (Å²) in [5.74, 6) is 1.02. The summed E-state index contributed by atoms with van der Waals surface area (Å²) < 4.78 is 11.0. The second-order valence-corrected chi connectivity index (χ2v) is 7.12. The van der Waals surface area contributed by atoms with Crippen LogP contribution in [0, 0.1) is 0 Å². The van der Waals surface area contributed by atoms with E-state index in [2.05, 4.69) is 17.2 Å². The van der Waals surface area contributed by atoms with Gasteiger partial charge in [-0.1, -0.05) is 60.7 Å². The molecule has 0 bridgehead atoms. The van der Waals surface area contributed by atoms with Gasteiger partial charge in [0.25, 0.3) is 0 Å². The predicted octanol–water partition coefficient (Wildman–Crippen LogP) is 6.16. The van der Waals surface area contributed by atoms with Crippen molar-refractivity contribution >= 4 is 17.9 Å². The SMILES string of the molecule is CCOC(=O)c1ccc(-c2ccc(C=NN(Cc3ccccc3)c3ccccc3)o2)cc1. The standard InChI is InChI=1S/C27H24N2O3/c1-2-31-27(30)23-15-13-22(14-16-23)26-18-17-25(32-26)19-28-29(24-11-7-4-8-12-24)20-21-9-5-3-6-10-21/h3-19H,2,20H2,1H3. The topological polar surface area (TPSA) is 55.0 Å². The van der Waals surface area contributed by atoms with Crippen LogP contribution in [0.15, 0.2) is 107 Å². The molecular formula is C27H24N2O3. The largest absolute Gasteiger partial charge is 0.462 e. The van der Waals surface area contributed by atoms with Crippen LogP contribution in [0.2, 0.25) is 0 Å². The lowest BCUT2D eigenvalue weighted by Gasteiger charge is -2.19. The van der Waals surface area contributed by atoms with Gasteiger partial charge >= 0.3 is 5.97 Å². The maximum Gasteiger partial charge on any atom is 0.338 e. The lowest BCUT2D eigenvalue weighted by atomic mass is 10.1. The van der Waals surface area contributed by atoms with Crippen LogP contribution in [0.25, 0.3) is 11.3 Å². The molecule has 0 amide bonds. The van der Waals surface area contributed by atoms with Crippen LogP contribution >= 0.6 is 0 Å². The number of furan rings is 1. The fourth-order valence-corrected chi connectivity index (χ4v) is 3.24. The quantitative estimate of drug-likeness (QED) is 0.193. The zero-order chi connectivity index (χ0) is 22.2. The van der Waals surface area contributed by atoms with Crippen LogP contribution in [-0.2, 0) is 11.3 Å². The summed E-state index contributed by atoms with van der Waals surface area (Å²) >= 11 is 0. The highest BCUT2D eigenvalue weighted by atomic mass is 16.5. The van der Waals surface area contributed by atoms with E-state index in [4.69, 9.17) is 9.15 Å². The van der Waals surface area contributed by atoms with Crippen LogP contribution in [0.1, 0.15) is 28.6 Å². The lowest BCUT2D eigenvalue weighted by molar-refractivity contribution is 0.0526. The molecule has 0 N–H and O–H groups in total. The van der Waals surface area contributed by atoms with Gasteiger partial charge in [0.1, 0.15) is 11.5 Å². The van der Waals surface area contributed by atoms with Gasteiger partial charge < -0.3 is 9.15 Å². The molecule has 0 aliphatic rings. The molecular weight excluding hydrogens is 400 g/mol. The molecule has 1 aromatic heterocycles. The van der Waals surface area contributed by atoms with Crippen molar-refractivity contribution < 1.29 is 13.9 Å². The van der Waals surface area contributed by atoms with Gasteiger partial charge in [-0.3, -0.25) is 5.01 Å². The highest BCUT2D eigenvalue weighted by Gasteiger charge is 2.09. The Morgan fingerprint density at radius 1 is 0.906 bits per heavy atom. The number of carbonyl (C=O) groups is 1. The first-order valence-corrected chi connectivity index (χ1v) is 10.5. The zero-order valence-electron chi connectivity index (χ0n) is 17.8. The number of anilines is 1. The van der Waals surface area contributed by atoms with Gasteiger partial charge in [-0.15, -0.1) is 0 Å². The molecule has 5 heteroatoms. The summed E-state index contributed by atoms with van der Waals surface area (Å²) in [6, 6.07) is 31.2. The normalized spacial score (nSPS) is 10.9. The molecule has 4 aromatic rings. The summed E-state index contributed by atoms with van der Waals surface area (Å²) in [7, 11) is 0. The Kier molecular flexibility index (Phi) is 6.78. The molecule has 0 aliphatic carbocycles. The molecule has 3 aromatic carbocycles. The van der Waals surface area contributed by atoms with E-state index in [1.165, 1.54) is 0 Å². The average Bonchev–Trinajstić information content (AvgIpc) is 3.32. The van der Waals surface area contributed by atoms with Crippen molar-refractivity contribution in [2.45, 2.75) is 13.5 Å². The molecule has 0 fully saturated rings. The Labute approximate surface area is 187 Å². The van der Waals surface area contributed by atoms with E-state index in [1.807, 2.05) is 77.8 Å². The number of rotatable bonds is 8. The smallest absolute Gasteiger partial charge is 0.338 e. The zero-order valence-corrected chi connectivity index (χ0v) is 17.8. The summed E-state index contributed by atoms with van der Waals surface area (Å²) in [5, 5.41) is 6.61. The molecule has 0 radical (unpaired) electrons. The van der Waals surface area contributed by atoms with Crippen molar-refractivity contribution in [1.29, 1.82) is 0 Å². The van der Waals surface area contributed by atoms with Crippen LogP contribution in [0.3, 0.4) is 0 Å². The molecule has 0 unspecified atom stereocenters. The molecule has 0 aliphatic heterocycles. The number of ether oxygens (including phenoxy) is 1. The van der Waals surface area contributed by atoms with Gasteiger partial charge in [-0.05, 0) is 48.9 Å². The molecule has 0 saturated heterocycles. The maximum atomic E-state index is 11.8. The Balaban J connectivity index is 1.51. The van der Waals surface area contributed by atoms with Crippen molar-refractivity contribution in [2.75, 3.05) is 11.6 Å². The predicted molar refractivity (Wildman–Crippen MR) is 127 cm³/mol. The number of hydrogen-bond acceptors (Lipinski definition) is 5. The number of benzene rings is 3. The number of esters is 1. The molecule has 0 spiro atoms. The highest BCUT2D eigenvalue weighted by molar-refractivity contribution is 5.90. The third-order valence-electron chi connectivity index (χ3n) is 4.86. The van der Waals surface area contributed by atoms with Crippen molar-refractivity contribution in [3.05, 3.63) is 114 Å².